The lowest BCUT2D eigenvalue weighted by Crippen LogP contribution is -2.43. The van der Waals surface area contributed by atoms with E-state index in [4.69, 9.17) is 0 Å². The molecule has 0 atom stereocenters. The zero-order chi connectivity index (χ0) is 16.5. The van der Waals surface area contributed by atoms with Crippen LogP contribution in [0.4, 0.5) is 9.93 Å². The van der Waals surface area contributed by atoms with Crippen molar-refractivity contribution in [3.8, 4) is 0 Å². The van der Waals surface area contributed by atoms with Crippen molar-refractivity contribution in [2.24, 2.45) is 0 Å². The van der Waals surface area contributed by atoms with Gasteiger partial charge in [-0.25, -0.2) is 4.79 Å². The first kappa shape index (κ1) is 17.7. The monoisotopic (exact) mass is 339 g/mol. The third-order valence-electron chi connectivity index (χ3n) is 3.82. The van der Waals surface area contributed by atoms with Gasteiger partial charge in [0, 0.05) is 19.0 Å². The third kappa shape index (κ3) is 6.52. The van der Waals surface area contributed by atoms with Crippen molar-refractivity contribution in [3.05, 3.63) is 5.01 Å². The Morgan fingerprint density at radius 2 is 2.00 bits per heavy atom. The molecule has 0 unspecified atom stereocenters. The van der Waals surface area contributed by atoms with E-state index in [2.05, 4.69) is 26.1 Å². The highest BCUT2D eigenvalue weighted by Crippen LogP contribution is 2.17. The van der Waals surface area contributed by atoms with Gasteiger partial charge in [-0.15, -0.1) is 10.2 Å². The maximum absolute atomic E-state index is 11.8. The molecule has 1 saturated carbocycles. The molecule has 128 valence electrons. The van der Waals surface area contributed by atoms with Gasteiger partial charge in [0.2, 0.25) is 11.0 Å². The molecule has 1 fully saturated rings. The number of nitrogens with one attached hydrogen (secondary N) is 3. The highest BCUT2D eigenvalue weighted by molar-refractivity contribution is 7.15. The Bertz CT molecular complexity index is 514. The summed E-state index contributed by atoms with van der Waals surface area (Å²) in [4.78, 5) is 23.5. The molecule has 1 aliphatic carbocycles. The minimum Gasteiger partial charge on any atom is -0.338 e. The van der Waals surface area contributed by atoms with Crippen LogP contribution >= 0.6 is 11.3 Å². The topological polar surface area (TPSA) is 96.0 Å². The van der Waals surface area contributed by atoms with Gasteiger partial charge in [-0.05, 0) is 25.7 Å². The van der Waals surface area contributed by atoms with Crippen LogP contribution in [-0.4, -0.2) is 34.7 Å². The standard InChI is InChI=1S/C15H25N5O2S/c1-2-13-19-20-15(23-13)18-12(21)9-6-10-16-14(22)17-11-7-4-3-5-8-11/h11H,2-10H2,1H3,(H2,16,17,22)(H,18,20,21). The van der Waals surface area contributed by atoms with Gasteiger partial charge in [0.25, 0.3) is 0 Å². The largest absolute Gasteiger partial charge is 0.338 e. The summed E-state index contributed by atoms with van der Waals surface area (Å²) >= 11 is 1.39. The Balaban J connectivity index is 1.55. The molecule has 8 heteroatoms. The van der Waals surface area contributed by atoms with Crippen molar-refractivity contribution in [2.45, 2.75) is 64.3 Å². The van der Waals surface area contributed by atoms with Crippen LogP contribution in [0.3, 0.4) is 0 Å². The van der Waals surface area contributed by atoms with Crippen molar-refractivity contribution < 1.29 is 9.59 Å². The minimum atomic E-state index is -0.131. The summed E-state index contributed by atoms with van der Waals surface area (Å²) in [6.45, 7) is 2.48. The fourth-order valence-corrected chi connectivity index (χ4v) is 3.26. The van der Waals surface area contributed by atoms with E-state index in [1.165, 1.54) is 30.6 Å². The molecule has 0 saturated heterocycles. The zero-order valence-corrected chi connectivity index (χ0v) is 14.4. The summed E-state index contributed by atoms with van der Waals surface area (Å²) < 4.78 is 0. The lowest BCUT2D eigenvalue weighted by molar-refractivity contribution is -0.116. The predicted octanol–water partition coefficient (Wildman–Crippen LogP) is 2.45. The van der Waals surface area contributed by atoms with Crippen LogP contribution in [0.25, 0.3) is 0 Å². The second kappa shape index (κ2) is 9.44. The average molecular weight is 339 g/mol. The first-order chi connectivity index (χ1) is 11.2. The molecule has 1 aliphatic rings. The summed E-state index contributed by atoms with van der Waals surface area (Å²) in [6.07, 6.45) is 7.55. The van der Waals surface area contributed by atoms with Crippen molar-refractivity contribution in [3.63, 3.8) is 0 Å². The highest BCUT2D eigenvalue weighted by Gasteiger charge is 2.15. The third-order valence-corrected chi connectivity index (χ3v) is 4.81. The first-order valence-corrected chi connectivity index (χ1v) is 9.15. The van der Waals surface area contributed by atoms with Crippen LogP contribution in [0.15, 0.2) is 0 Å². The molecule has 3 amide bonds. The molecule has 23 heavy (non-hydrogen) atoms. The number of hydrogen-bond acceptors (Lipinski definition) is 5. The molecular weight excluding hydrogens is 314 g/mol. The van der Waals surface area contributed by atoms with E-state index in [0.29, 0.717) is 30.6 Å². The average Bonchev–Trinajstić information content (AvgIpc) is 3.00. The molecule has 2 rings (SSSR count). The first-order valence-electron chi connectivity index (χ1n) is 8.34. The smallest absolute Gasteiger partial charge is 0.315 e. The van der Waals surface area contributed by atoms with Crippen molar-refractivity contribution in [2.75, 3.05) is 11.9 Å². The number of carbonyl (C=O) groups is 2. The number of anilines is 1. The van der Waals surface area contributed by atoms with E-state index in [1.54, 1.807) is 0 Å². The molecule has 0 aromatic carbocycles. The second-order valence-corrected chi connectivity index (χ2v) is 6.80. The van der Waals surface area contributed by atoms with Crippen LogP contribution in [0.5, 0.6) is 0 Å². The molecule has 0 radical (unpaired) electrons. The quantitative estimate of drug-likeness (QED) is 0.665. The number of rotatable bonds is 7. The summed E-state index contributed by atoms with van der Waals surface area (Å²) in [7, 11) is 0. The molecular formula is C15H25N5O2S. The molecule has 0 aliphatic heterocycles. The molecule has 0 bridgehead atoms. The van der Waals surface area contributed by atoms with Crippen LogP contribution in [0.1, 0.15) is 56.9 Å². The lowest BCUT2D eigenvalue weighted by Gasteiger charge is -2.22. The SMILES string of the molecule is CCc1nnc(NC(=O)CCCNC(=O)NC2CCCCC2)s1. The number of hydrogen-bond donors (Lipinski definition) is 3. The van der Waals surface area contributed by atoms with Gasteiger partial charge in [0.15, 0.2) is 0 Å². The summed E-state index contributed by atoms with van der Waals surface area (Å²) in [6, 6.07) is 0.172. The zero-order valence-electron chi connectivity index (χ0n) is 13.6. The molecule has 3 N–H and O–H groups in total. The van der Waals surface area contributed by atoms with E-state index in [1.807, 2.05) is 6.92 Å². The van der Waals surface area contributed by atoms with E-state index in [0.717, 1.165) is 24.3 Å². The normalized spacial score (nSPS) is 15.2. The minimum absolute atomic E-state index is 0.0988. The van der Waals surface area contributed by atoms with Crippen LogP contribution in [0.2, 0.25) is 0 Å². The van der Waals surface area contributed by atoms with Gasteiger partial charge in [-0.2, -0.15) is 0 Å². The van der Waals surface area contributed by atoms with E-state index in [-0.39, 0.29) is 11.9 Å². The van der Waals surface area contributed by atoms with Crippen molar-refractivity contribution >= 4 is 28.4 Å². The van der Waals surface area contributed by atoms with Gasteiger partial charge < -0.3 is 16.0 Å². The van der Waals surface area contributed by atoms with Gasteiger partial charge in [0.1, 0.15) is 5.01 Å². The number of amides is 3. The predicted molar refractivity (Wildman–Crippen MR) is 90.6 cm³/mol. The van der Waals surface area contributed by atoms with E-state index in [9.17, 15) is 9.59 Å². The molecule has 7 nitrogen and oxygen atoms in total. The summed E-state index contributed by atoms with van der Waals surface area (Å²) in [5, 5.41) is 17.8. The van der Waals surface area contributed by atoms with Gasteiger partial charge in [0.05, 0.1) is 0 Å². The van der Waals surface area contributed by atoms with Gasteiger partial charge >= 0.3 is 6.03 Å². The van der Waals surface area contributed by atoms with E-state index < -0.39 is 0 Å². The number of nitrogens with zero attached hydrogens (tertiary/aromatic N) is 2. The Hall–Kier alpha value is -1.70. The summed E-state index contributed by atoms with van der Waals surface area (Å²) in [5.74, 6) is -0.0988. The molecule has 0 spiro atoms. The van der Waals surface area contributed by atoms with Crippen LogP contribution < -0.4 is 16.0 Å². The Morgan fingerprint density at radius 1 is 1.22 bits per heavy atom. The van der Waals surface area contributed by atoms with Crippen LogP contribution in [0, 0.1) is 0 Å². The second-order valence-electron chi connectivity index (χ2n) is 5.74. The Morgan fingerprint density at radius 3 is 2.70 bits per heavy atom. The maximum Gasteiger partial charge on any atom is 0.315 e. The number of aromatic nitrogens is 2. The highest BCUT2D eigenvalue weighted by atomic mass is 32.1. The number of urea groups is 1. The van der Waals surface area contributed by atoms with Crippen molar-refractivity contribution in [1.82, 2.24) is 20.8 Å². The van der Waals surface area contributed by atoms with Crippen LogP contribution in [-0.2, 0) is 11.2 Å². The Labute approximate surface area is 140 Å². The fourth-order valence-electron chi connectivity index (χ4n) is 2.56. The summed E-state index contributed by atoms with van der Waals surface area (Å²) in [5.41, 5.74) is 0. The Kier molecular flexibility index (Phi) is 7.25. The van der Waals surface area contributed by atoms with Gasteiger partial charge in [-0.3, -0.25) is 4.79 Å². The van der Waals surface area contributed by atoms with E-state index >= 15 is 0 Å². The van der Waals surface area contributed by atoms with Crippen molar-refractivity contribution in [1.29, 1.82) is 0 Å². The van der Waals surface area contributed by atoms with Gasteiger partial charge in [-0.1, -0.05) is 37.5 Å². The molecule has 1 aromatic heterocycles. The maximum atomic E-state index is 11.8. The molecule has 1 aromatic rings. The number of aryl methyl sites for hydroxylation is 1. The lowest BCUT2D eigenvalue weighted by atomic mass is 9.96. The molecule has 1 heterocycles. The number of carbonyl (C=O) groups excluding carboxylic acids is 2. The fraction of sp³-hybridized carbons (Fsp3) is 0.733.